The molecule has 0 radical (unpaired) electrons. The SMILES string of the molecule is O=C(CC1C=CCC1)NCCNc1ncccn1. The number of aromatic nitrogens is 2. The number of carbonyl (C=O) groups is 1. The monoisotopic (exact) mass is 246 g/mol. The Morgan fingerprint density at radius 3 is 2.89 bits per heavy atom. The highest BCUT2D eigenvalue weighted by Gasteiger charge is 2.13. The van der Waals surface area contributed by atoms with Crippen LogP contribution in [0.5, 0.6) is 0 Å². The standard InChI is InChI=1S/C13H18N4O/c18-12(10-11-4-1-2-5-11)14-8-9-17-13-15-6-3-7-16-13/h1,3-4,6-7,11H,2,5,8-10H2,(H,14,18)(H,15,16,17). The number of hydrogen-bond acceptors (Lipinski definition) is 4. The van der Waals surface area contributed by atoms with E-state index in [4.69, 9.17) is 0 Å². The predicted molar refractivity (Wildman–Crippen MR) is 70.0 cm³/mol. The average molecular weight is 246 g/mol. The van der Waals surface area contributed by atoms with Crippen LogP contribution in [-0.2, 0) is 4.79 Å². The van der Waals surface area contributed by atoms with Gasteiger partial charge in [-0.15, -0.1) is 0 Å². The van der Waals surface area contributed by atoms with Crippen molar-refractivity contribution < 1.29 is 4.79 Å². The van der Waals surface area contributed by atoms with Crippen LogP contribution in [-0.4, -0.2) is 29.0 Å². The van der Waals surface area contributed by atoms with Gasteiger partial charge in [0.1, 0.15) is 0 Å². The van der Waals surface area contributed by atoms with Crippen molar-refractivity contribution >= 4 is 11.9 Å². The first kappa shape index (κ1) is 12.5. The zero-order chi connectivity index (χ0) is 12.6. The van der Waals surface area contributed by atoms with Gasteiger partial charge in [-0.25, -0.2) is 9.97 Å². The maximum atomic E-state index is 11.6. The summed E-state index contributed by atoms with van der Waals surface area (Å²) in [6.45, 7) is 1.23. The summed E-state index contributed by atoms with van der Waals surface area (Å²) in [6.07, 6.45) is 10.4. The molecule has 1 aromatic rings. The molecule has 0 saturated carbocycles. The van der Waals surface area contributed by atoms with Crippen molar-refractivity contribution in [2.45, 2.75) is 19.3 Å². The van der Waals surface area contributed by atoms with E-state index in [1.54, 1.807) is 18.5 Å². The first-order valence-corrected chi connectivity index (χ1v) is 6.29. The Hall–Kier alpha value is -1.91. The molecule has 1 aliphatic rings. The van der Waals surface area contributed by atoms with Crippen LogP contribution < -0.4 is 10.6 Å². The molecule has 1 heterocycles. The molecule has 1 unspecified atom stereocenters. The lowest BCUT2D eigenvalue weighted by Crippen LogP contribution is -2.30. The van der Waals surface area contributed by atoms with E-state index in [2.05, 4.69) is 32.8 Å². The molecule has 0 spiro atoms. The summed E-state index contributed by atoms with van der Waals surface area (Å²) < 4.78 is 0. The molecule has 0 bridgehead atoms. The van der Waals surface area contributed by atoms with Crippen LogP contribution in [0.2, 0.25) is 0 Å². The minimum atomic E-state index is 0.113. The molecule has 18 heavy (non-hydrogen) atoms. The van der Waals surface area contributed by atoms with Crippen molar-refractivity contribution in [3.8, 4) is 0 Å². The van der Waals surface area contributed by atoms with Gasteiger partial charge in [-0.05, 0) is 24.8 Å². The molecule has 2 rings (SSSR count). The van der Waals surface area contributed by atoms with Gasteiger partial charge < -0.3 is 10.6 Å². The normalized spacial score (nSPS) is 17.7. The molecule has 1 amide bonds. The van der Waals surface area contributed by atoms with Crippen LogP contribution in [0.1, 0.15) is 19.3 Å². The Kier molecular flexibility index (Phi) is 4.69. The summed E-state index contributed by atoms with van der Waals surface area (Å²) in [5.74, 6) is 1.13. The Morgan fingerprint density at radius 1 is 1.33 bits per heavy atom. The average Bonchev–Trinajstić information content (AvgIpc) is 2.89. The van der Waals surface area contributed by atoms with Gasteiger partial charge >= 0.3 is 0 Å². The van der Waals surface area contributed by atoms with Crippen molar-refractivity contribution in [1.82, 2.24) is 15.3 Å². The van der Waals surface area contributed by atoms with E-state index in [0.29, 0.717) is 31.4 Å². The number of carbonyl (C=O) groups excluding carboxylic acids is 1. The molecule has 0 aliphatic heterocycles. The van der Waals surface area contributed by atoms with Crippen molar-refractivity contribution in [1.29, 1.82) is 0 Å². The van der Waals surface area contributed by atoms with Crippen LogP contribution in [0, 0.1) is 5.92 Å². The molecular formula is C13H18N4O. The second kappa shape index (κ2) is 6.74. The smallest absolute Gasteiger partial charge is 0.222 e. The van der Waals surface area contributed by atoms with Crippen molar-refractivity contribution in [3.63, 3.8) is 0 Å². The van der Waals surface area contributed by atoms with Crippen LogP contribution in [0.25, 0.3) is 0 Å². The van der Waals surface area contributed by atoms with Crippen molar-refractivity contribution in [2.24, 2.45) is 5.92 Å². The van der Waals surface area contributed by atoms with Crippen LogP contribution >= 0.6 is 0 Å². The first-order chi connectivity index (χ1) is 8.84. The fourth-order valence-corrected chi connectivity index (χ4v) is 1.94. The largest absolute Gasteiger partial charge is 0.354 e. The minimum absolute atomic E-state index is 0.113. The third kappa shape index (κ3) is 4.16. The summed E-state index contributed by atoms with van der Waals surface area (Å²) in [7, 11) is 0. The number of rotatable bonds is 6. The lowest BCUT2D eigenvalue weighted by molar-refractivity contribution is -0.121. The number of anilines is 1. The molecule has 1 aromatic heterocycles. The van der Waals surface area contributed by atoms with E-state index in [9.17, 15) is 4.79 Å². The highest BCUT2D eigenvalue weighted by Crippen LogP contribution is 2.19. The number of allylic oxidation sites excluding steroid dienone is 2. The van der Waals surface area contributed by atoms with Crippen LogP contribution in [0.3, 0.4) is 0 Å². The quantitative estimate of drug-likeness (QED) is 0.587. The first-order valence-electron chi connectivity index (χ1n) is 6.29. The third-order valence-corrected chi connectivity index (χ3v) is 2.86. The van der Waals surface area contributed by atoms with Gasteiger partial charge in [-0.2, -0.15) is 0 Å². The molecule has 1 atom stereocenters. The van der Waals surface area contributed by atoms with Crippen molar-refractivity contribution in [2.75, 3.05) is 18.4 Å². The zero-order valence-corrected chi connectivity index (χ0v) is 10.3. The topological polar surface area (TPSA) is 66.9 Å². The summed E-state index contributed by atoms with van der Waals surface area (Å²) in [6, 6.07) is 1.77. The van der Waals surface area contributed by atoms with Gasteiger partial charge in [-0.1, -0.05) is 12.2 Å². The van der Waals surface area contributed by atoms with Crippen LogP contribution in [0.15, 0.2) is 30.6 Å². The van der Waals surface area contributed by atoms with E-state index in [0.717, 1.165) is 12.8 Å². The lowest BCUT2D eigenvalue weighted by atomic mass is 10.1. The molecule has 5 heteroatoms. The predicted octanol–water partition coefficient (Wildman–Crippen LogP) is 1.36. The number of hydrogen-bond donors (Lipinski definition) is 2. The van der Waals surface area contributed by atoms with E-state index < -0.39 is 0 Å². The fraction of sp³-hybridized carbons (Fsp3) is 0.462. The summed E-state index contributed by atoms with van der Waals surface area (Å²) in [5.41, 5.74) is 0. The summed E-state index contributed by atoms with van der Waals surface area (Å²) in [4.78, 5) is 19.7. The van der Waals surface area contributed by atoms with E-state index in [1.807, 2.05) is 0 Å². The Labute approximate surface area is 107 Å². The molecule has 0 saturated heterocycles. The molecule has 5 nitrogen and oxygen atoms in total. The Balaban J connectivity index is 1.57. The van der Waals surface area contributed by atoms with E-state index >= 15 is 0 Å². The maximum absolute atomic E-state index is 11.6. The highest BCUT2D eigenvalue weighted by molar-refractivity contribution is 5.76. The van der Waals surface area contributed by atoms with Gasteiger partial charge in [0, 0.05) is 31.9 Å². The second-order valence-electron chi connectivity index (χ2n) is 4.32. The fourth-order valence-electron chi connectivity index (χ4n) is 1.94. The van der Waals surface area contributed by atoms with Crippen molar-refractivity contribution in [3.05, 3.63) is 30.6 Å². The van der Waals surface area contributed by atoms with Gasteiger partial charge in [-0.3, -0.25) is 4.79 Å². The van der Waals surface area contributed by atoms with Gasteiger partial charge in [0.05, 0.1) is 0 Å². The van der Waals surface area contributed by atoms with E-state index in [-0.39, 0.29) is 5.91 Å². The highest BCUT2D eigenvalue weighted by atomic mass is 16.1. The molecule has 0 fully saturated rings. The Morgan fingerprint density at radius 2 is 2.17 bits per heavy atom. The van der Waals surface area contributed by atoms with E-state index in [1.165, 1.54) is 0 Å². The molecule has 96 valence electrons. The zero-order valence-electron chi connectivity index (χ0n) is 10.3. The summed E-state index contributed by atoms with van der Waals surface area (Å²) in [5, 5.41) is 5.93. The molecule has 1 aliphatic carbocycles. The van der Waals surface area contributed by atoms with Gasteiger partial charge in [0.2, 0.25) is 11.9 Å². The Bertz CT molecular complexity index is 405. The third-order valence-electron chi connectivity index (χ3n) is 2.86. The molecule has 0 aromatic carbocycles. The maximum Gasteiger partial charge on any atom is 0.222 e. The number of nitrogens with one attached hydrogen (secondary N) is 2. The number of amides is 1. The second-order valence-corrected chi connectivity index (χ2v) is 4.32. The number of nitrogens with zero attached hydrogens (tertiary/aromatic N) is 2. The van der Waals surface area contributed by atoms with Gasteiger partial charge in [0.15, 0.2) is 0 Å². The van der Waals surface area contributed by atoms with Crippen LogP contribution in [0.4, 0.5) is 5.95 Å². The van der Waals surface area contributed by atoms with Gasteiger partial charge in [0.25, 0.3) is 0 Å². The summed E-state index contributed by atoms with van der Waals surface area (Å²) >= 11 is 0. The molecule has 2 N–H and O–H groups in total. The minimum Gasteiger partial charge on any atom is -0.354 e. The molecular weight excluding hydrogens is 228 g/mol. The lowest BCUT2D eigenvalue weighted by Gasteiger charge is -2.09.